The molecule has 0 aliphatic heterocycles. The number of hydrogen-bond acceptors (Lipinski definition) is 3. The lowest BCUT2D eigenvalue weighted by atomic mass is 10.1. The smallest absolute Gasteiger partial charge is 0.272 e. The molecule has 0 saturated carbocycles. The van der Waals surface area contributed by atoms with Crippen LogP contribution in [0.1, 0.15) is 28.5 Å². The maximum Gasteiger partial charge on any atom is 0.272 e. The van der Waals surface area contributed by atoms with E-state index in [1.54, 1.807) is 28.9 Å². The number of benzene rings is 1. The average molecular weight is 272 g/mol. The Hall–Kier alpha value is -2.14. The van der Waals surface area contributed by atoms with E-state index >= 15 is 0 Å². The van der Waals surface area contributed by atoms with Gasteiger partial charge in [-0.05, 0) is 24.1 Å². The number of carbonyl (C=O) groups is 1. The zero-order valence-electron chi connectivity index (χ0n) is 11.9. The van der Waals surface area contributed by atoms with Gasteiger partial charge in [0.25, 0.3) is 5.91 Å². The van der Waals surface area contributed by atoms with Gasteiger partial charge in [-0.3, -0.25) is 9.48 Å². The molecule has 0 spiro atoms. The van der Waals surface area contributed by atoms with Crippen LogP contribution in [-0.4, -0.2) is 27.1 Å². The summed E-state index contributed by atoms with van der Waals surface area (Å²) in [5, 5.41) is 4.04. The molecule has 0 unspecified atom stereocenters. The Morgan fingerprint density at radius 2 is 2.00 bits per heavy atom. The first-order valence-electron chi connectivity index (χ1n) is 6.71. The van der Waals surface area contributed by atoms with Gasteiger partial charge in [0.15, 0.2) is 0 Å². The predicted octanol–water partition coefficient (Wildman–Crippen LogP) is 1.54. The van der Waals surface area contributed by atoms with Gasteiger partial charge in [-0.15, -0.1) is 0 Å². The van der Waals surface area contributed by atoms with Crippen molar-refractivity contribution >= 4 is 5.91 Å². The first-order valence-corrected chi connectivity index (χ1v) is 6.71. The molecule has 2 aromatic rings. The van der Waals surface area contributed by atoms with E-state index in [0.717, 1.165) is 11.1 Å². The molecule has 0 aliphatic rings. The first-order chi connectivity index (χ1) is 9.67. The fourth-order valence-electron chi connectivity index (χ4n) is 2.19. The predicted molar refractivity (Wildman–Crippen MR) is 78.0 cm³/mol. The second-order valence-electron chi connectivity index (χ2n) is 4.63. The quantitative estimate of drug-likeness (QED) is 0.898. The number of carbonyl (C=O) groups excluding carboxylic acids is 1. The van der Waals surface area contributed by atoms with Gasteiger partial charge in [-0.2, -0.15) is 5.10 Å². The van der Waals surface area contributed by atoms with Crippen LogP contribution in [0.4, 0.5) is 0 Å². The van der Waals surface area contributed by atoms with Crippen LogP contribution in [0, 0.1) is 0 Å². The van der Waals surface area contributed by atoms with Gasteiger partial charge in [0.2, 0.25) is 0 Å². The van der Waals surface area contributed by atoms with Gasteiger partial charge < -0.3 is 10.6 Å². The van der Waals surface area contributed by atoms with Gasteiger partial charge in [0, 0.05) is 32.9 Å². The highest BCUT2D eigenvalue weighted by Gasteiger charge is 2.18. The summed E-state index contributed by atoms with van der Waals surface area (Å²) in [5.41, 5.74) is 8.50. The van der Waals surface area contributed by atoms with Gasteiger partial charge >= 0.3 is 0 Å². The van der Waals surface area contributed by atoms with Crippen LogP contribution in [0.2, 0.25) is 0 Å². The fourth-order valence-corrected chi connectivity index (χ4v) is 2.19. The standard InChI is InChI=1S/C15H20N4O/c1-3-19(15(20)14-8-9-17-18(14)2)11-13-7-5-4-6-12(13)10-16/h4-9H,3,10-11,16H2,1-2H3. The summed E-state index contributed by atoms with van der Waals surface area (Å²) < 4.78 is 1.60. The summed E-state index contributed by atoms with van der Waals surface area (Å²) in [5.74, 6) is -0.0145. The van der Waals surface area contributed by atoms with E-state index in [9.17, 15) is 4.79 Å². The highest BCUT2D eigenvalue weighted by Crippen LogP contribution is 2.13. The van der Waals surface area contributed by atoms with Crippen LogP contribution in [0.3, 0.4) is 0 Å². The van der Waals surface area contributed by atoms with Crippen LogP contribution in [0.25, 0.3) is 0 Å². The van der Waals surface area contributed by atoms with Crippen molar-refractivity contribution in [2.75, 3.05) is 6.54 Å². The molecule has 106 valence electrons. The largest absolute Gasteiger partial charge is 0.333 e. The minimum atomic E-state index is -0.0145. The second kappa shape index (κ2) is 6.34. The van der Waals surface area contributed by atoms with E-state index < -0.39 is 0 Å². The van der Waals surface area contributed by atoms with Crippen molar-refractivity contribution in [2.45, 2.75) is 20.0 Å². The third-order valence-electron chi connectivity index (χ3n) is 3.41. The monoisotopic (exact) mass is 272 g/mol. The molecule has 20 heavy (non-hydrogen) atoms. The van der Waals surface area contributed by atoms with E-state index in [2.05, 4.69) is 5.10 Å². The lowest BCUT2D eigenvalue weighted by Crippen LogP contribution is -2.32. The molecule has 0 bridgehead atoms. The molecule has 0 fully saturated rings. The number of hydrogen-bond donors (Lipinski definition) is 1. The maximum atomic E-state index is 12.5. The van der Waals surface area contributed by atoms with Crippen LogP contribution in [0.15, 0.2) is 36.5 Å². The summed E-state index contributed by atoms with van der Waals surface area (Å²) in [6.45, 7) is 3.66. The number of amides is 1. The number of aryl methyl sites for hydroxylation is 1. The summed E-state index contributed by atoms with van der Waals surface area (Å²) in [6, 6.07) is 9.68. The number of nitrogens with zero attached hydrogens (tertiary/aromatic N) is 3. The number of rotatable bonds is 5. The molecule has 0 aliphatic carbocycles. The number of aromatic nitrogens is 2. The van der Waals surface area contributed by atoms with Crippen molar-refractivity contribution < 1.29 is 4.79 Å². The Kier molecular flexibility index (Phi) is 4.53. The highest BCUT2D eigenvalue weighted by atomic mass is 16.2. The number of nitrogens with two attached hydrogens (primary N) is 1. The minimum Gasteiger partial charge on any atom is -0.333 e. The molecular formula is C15H20N4O. The molecule has 1 amide bonds. The molecule has 1 aromatic heterocycles. The van der Waals surface area contributed by atoms with Gasteiger partial charge in [0.05, 0.1) is 0 Å². The topological polar surface area (TPSA) is 64.2 Å². The molecule has 0 radical (unpaired) electrons. The Morgan fingerprint density at radius 3 is 2.55 bits per heavy atom. The van der Waals surface area contributed by atoms with Gasteiger partial charge in [-0.1, -0.05) is 24.3 Å². The van der Waals surface area contributed by atoms with Crippen LogP contribution < -0.4 is 5.73 Å². The van der Waals surface area contributed by atoms with Crippen molar-refractivity contribution in [2.24, 2.45) is 12.8 Å². The van der Waals surface area contributed by atoms with E-state index in [1.807, 2.05) is 31.2 Å². The van der Waals surface area contributed by atoms with E-state index in [-0.39, 0.29) is 5.91 Å². The summed E-state index contributed by atoms with van der Waals surface area (Å²) in [4.78, 5) is 14.3. The van der Waals surface area contributed by atoms with Gasteiger partial charge in [0.1, 0.15) is 5.69 Å². The third-order valence-corrected chi connectivity index (χ3v) is 3.41. The van der Waals surface area contributed by atoms with Crippen LogP contribution in [-0.2, 0) is 20.1 Å². The van der Waals surface area contributed by atoms with Crippen molar-refractivity contribution in [3.63, 3.8) is 0 Å². The minimum absolute atomic E-state index is 0.0145. The molecule has 5 nitrogen and oxygen atoms in total. The van der Waals surface area contributed by atoms with Gasteiger partial charge in [-0.25, -0.2) is 0 Å². The van der Waals surface area contributed by atoms with E-state index in [4.69, 9.17) is 5.73 Å². The van der Waals surface area contributed by atoms with Crippen molar-refractivity contribution in [1.29, 1.82) is 0 Å². The maximum absolute atomic E-state index is 12.5. The Morgan fingerprint density at radius 1 is 1.30 bits per heavy atom. The molecule has 2 rings (SSSR count). The summed E-state index contributed by atoms with van der Waals surface area (Å²) in [6.07, 6.45) is 1.63. The van der Waals surface area contributed by atoms with Crippen molar-refractivity contribution in [3.8, 4) is 0 Å². The SMILES string of the molecule is CCN(Cc1ccccc1CN)C(=O)c1ccnn1C. The lowest BCUT2D eigenvalue weighted by molar-refractivity contribution is 0.0741. The molecule has 2 N–H and O–H groups in total. The normalized spacial score (nSPS) is 10.6. The third kappa shape index (κ3) is 2.88. The zero-order chi connectivity index (χ0) is 14.5. The Balaban J connectivity index is 2.21. The summed E-state index contributed by atoms with van der Waals surface area (Å²) in [7, 11) is 1.77. The first kappa shape index (κ1) is 14.3. The molecule has 0 saturated heterocycles. The van der Waals surface area contributed by atoms with Crippen molar-refractivity contribution in [1.82, 2.24) is 14.7 Å². The Bertz CT molecular complexity index is 591. The molecule has 5 heteroatoms. The zero-order valence-corrected chi connectivity index (χ0v) is 11.9. The van der Waals surface area contributed by atoms with Crippen LogP contribution in [0.5, 0.6) is 0 Å². The van der Waals surface area contributed by atoms with Crippen molar-refractivity contribution in [3.05, 3.63) is 53.3 Å². The molecule has 0 atom stereocenters. The molecule has 1 aromatic carbocycles. The van der Waals surface area contributed by atoms with E-state index in [1.165, 1.54) is 0 Å². The van der Waals surface area contributed by atoms with E-state index in [0.29, 0.717) is 25.3 Å². The summed E-state index contributed by atoms with van der Waals surface area (Å²) >= 11 is 0. The average Bonchev–Trinajstić information content (AvgIpc) is 2.90. The fraction of sp³-hybridized carbons (Fsp3) is 0.333. The lowest BCUT2D eigenvalue weighted by Gasteiger charge is -2.22. The second-order valence-corrected chi connectivity index (χ2v) is 4.63. The Labute approximate surface area is 119 Å². The molecule has 1 heterocycles. The highest BCUT2D eigenvalue weighted by molar-refractivity contribution is 5.92. The van der Waals surface area contributed by atoms with Crippen LogP contribution >= 0.6 is 0 Å². The molecular weight excluding hydrogens is 252 g/mol.